The molecule has 2 N–H and O–H groups in total. The molecule has 0 fully saturated rings. The molecule has 0 unspecified atom stereocenters. The number of nitrogens with zero attached hydrogens (tertiary/aromatic N) is 2. The number of nitrogens with one attached hydrogen (secondary N) is 2. The fourth-order valence-electron chi connectivity index (χ4n) is 2.86. The zero-order chi connectivity index (χ0) is 22.7. The van der Waals surface area contributed by atoms with E-state index in [4.69, 9.17) is 11.6 Å². The van der Waals surface area contributed by atoms with Crippen molar-refractivity contribution in [3.63, 3.8) is 0 Å². The summed E-state index contributed by atoms with van der Waals surface area (Å²) in [6.07, 6.45) is 0. The summed E-state index contributed by atoms with van der Waals surface area (Å²) in [5.41, 5.74) is 2.22. The van der Waals surface area contributed by atoms with Gasteiger partial charge in [0.15, 0.2) is 5.16 Å². The van der Waals surface area contributed by atoms with Crippen LogP contribution >= 0.6 is 34.7 Å². The Bertz CT molecular complexity index is 1340. The summed E-state index contributed by atoms with van der Waals surface area (Å²) in [6.45, 7) is 1.87. The van der Waals surface area contributed by atoms with Crippen molar-refractivity contribution in [1.82, 2.24) is 15.0 Å². The molecule has 0 aliphatic carbocycles. The van der Waals surface area contributed by atoms with Crippen LogP contribution < -0.4 is 10.9 Å². The Morgan fingerprint density at radius 1 is 1.19 bits per heavy atom. The van der Waals surface area contributed by atoms with Crippen molar-refractivity contribution < 1.29 is 9.18 Å². The molecular weight excluding hydrogens is 471 g/mol. The number of hydrogen-bond acceptors (Lipinski definition) is 6. The molecular formula is C22H16ClFN4O2S2. The van der Waals surface area contributed by atoms with E-state index in [0.29, 0.717) is 16.5 Å². The van der Waals surface area contributed by atoms with Gasteiger partial charge in [-0.25, -0.2) is 14.4 Å². The molecule has 4 aromatic rings. The van der Waals surface area contributed by atoms with Crippen LogP contribution in [0.25, 0.3) is 21.1 Å². The lowest BCUT2D eigenvalue weighted by Gasteiger charge is -2.06. The van der Waals surface area contributed by atoms with Gasteiger partial charge >= 0.3 is 0 Å². The molecule has 0 saturated heterocycles. The molecule has 2 aromatic heterocycles. The van der Waals surface area contributed by atoms with Gasteiger partial charge in [-0.05, 0) is 25.1 Å². The monoisotopic (exact) mass is 486 g/mol. The van der Waals surface area contributed by atoms with Crippen molar-refractivity contribution in [2.45, 2.75) is 12.1 Å². The number of benzene rings is 2. The number of thioether (sulfide) groups is 1. The molecule has 0 radical (unpaired) electrons. The molecule has 2 heterocycles. The van der Waals surface area contributed by atoms with Gasteiger partial charge < -0.3 is 10.3 Å². The fraction of sp³-hybridized carbons (Fsp3) is 0.0909. The largest absolute Gasteiger partial charge is 0.325 e. The van der Waals surface area contributed by atoms with E-state index in [1.54, 1.807) is 0 Å². The molecule has 0 spiro atoms. The van der Waals surface area contributed by atoms with E-state index in [2.05, 4.69) is 20.3 Å². The van der Waals surface area contributed by atoms with E-state index in [1.807, 2.05) is 37.3 Å². The minimum absolute atomic E-state index is 0.0203. The second-order valence-corrected chi connectivity index (χ2v) is 9.07. The van der Waals surface area contributed by atoms with Gasteiger partial charge in [-0.3, -0.25) is 9.59 Å². The molecule has 0 aliphatic heterocycles. The van der Waals surface area contributed by atoms with Crippen LogP contribution in [0.5, 0.6) is 0 Å². The van der Waals surface area contributed by atoms with Gasteiger partial charge in [-0.1, -0.05) is 53.7 Å². The predicted octanol–water partition coefficient (Wildman–Crippen LogP) is 5.39. The molecule has 32 heavy (non-hydrogen) atoms. The second-order valence-electron chi connectivity index (χ2n) is 6.70. The van der Waals surface area contributed by atoms with E-state index >= 15 is 0 Å². The average molecular weight is 487 g/mol. The summed E-state index contributed by atoms with van der Waals surface area (Å²) in [6, 6.07) is 15.2. The number of thiazole rings is 1. The number of hydrogen-bond donors (Lipinski definition) is 2. The highest BCUT2D eigenvalue weighted by Gasteiger charge is 2.15. The lowest BCUT2D eigenvalue weighted by atomic mass is 10.2. The van der Waals surface area contributed by atoms with Gasteiger partial charge in [-0.2, -0.15) is 0 Å². The standard InChI is InChI=1S/C22H16ClFN4O2S2/c1-12-20(32-21(25-12)13-5-3-2-4-6-13)17-10-18(29)28-22(27-17)31-11-19(30)26-14-7-8-15(23)16(24)9-14/h2-10H,11H2,1H3,(H,26,30)(H,27,28,29). The number of aryl methyl sites for hydroxylation is 1. The van der Waals surface area contributed by atoms with Gasteiger partial charge in [0.1, 0.15) is 10.8 Å². The molecule has 4 rings (SSSR count). The number of amides is 1. The first-order chi connectivity index (χ1) is 15.4. The van der Waals surface area contributed by atoms with E-state index in [9.17, 15) is 14.0 Å². The van der Waals surface area contributed by atoms with Gasteiger partial charge in [-0.15, -0.1) is 11.3 Å². The number of H-pyrrole nitrogens is 1. The third kappa shape index (κ3) is 5.24. The Morgan fingerprint density at radius 3 is 2.72 bits per heavy atom. The van der Waals surface area contributed by atoms with Crippen molar-refractivity contribution in [3.05, 3.63) is 81.5 Å². The molecule has 6 nitrogen and oxygen atoms in total. The quantitative estimate of drug-likeness (QED) is 0.282. The van der Waals surface area contributed by atoms with Gasteiger partial charge in [0, 0.05) is 17.3 Å². The molecule has 2 aromatic carbocycles. The minimum Gasteiger partial charge on any atom is -0.325 e. The van der Waals surface area contributed by atoms with Gasteiger partial charge in [0.2, 0.25) is 5.91 Å². The van der Waals surface area contributed by atoms with Crippen LogP contribution in [-0.4, -0.2) is 26.6 Å². The Balaban J connectivity index is 1.50. The fourth-order valence-corrected chi connectivity index (χ4v) is 4.69. The van der Waals surface area contributed by atoms with Crippen molar-refractivity contribution in [2.75, 3.05) is 11.1 Å². The molecule has 0 atom stereocenters. The molecule has 0 bridgehead atoms. The van der Waals surface area contributed by atoms with Crippen LogP contribution in [0.1, 0.15) is 5.69 Å². The van der Waals surface area contributed by atoms with Gasteiger partial charge in [0.25, 0.3) is 5.56 Å². The van der Waals surface area contributed by atoms with E-state index in [1.165, 1.54) is 29.5 Å². The predicted molar refractivity (Wildman–Crippen MR) is 127 cm³/mol. The summed E-state index contributed by atoms with van der Waals surface area (Å²) in [7, 11) is 0. The maximum atomic E-state index is 13.5. The summed E-state index contributed by atoms with van der Waals surface area (Å²) in [5, 5.41) is 3.70. The lowest BCUT2D eigenvalue weighted by molar-refractivity contribution is -0.113. The summed E-state index contributed by atoms with van der Waals surface area (Å²) in [5.74, 6) is -1.01. The van der Waals surface area contributed by atoms with Crippen molar-refractivity contribution in [3.8, 4) is 21.1 Å². The number of aromatic amines is 1. The summed E-state index contributed by atoms with van der Waals surface area (Å²) in [4.78, 5) is 36.9. The first-order valence-corrected chi connectivity index (χ1v) is 11.6. The normalized spacial score (nSPS) is 10.8. The number of carbonyl (C=O) groups is 1. The van der Waals surface area contributed by atoms with E-state index in [0.717, 1.165) is 39.0 Å². The third-order valence-electron chi connectivity index (χ3n) is 4.31. The van der Waals surface area contributed by atoms with E-state index < -0.39 is 5.82 Å². The van der Waals surface area contributed by atoms with Crippen LogP contribution in [0, 0.1) is 12.7 Å². The second kappa shape index (κ2) is 9.64. The highest BCUT2D eigenvalue weighted by molar-refractivity contribution is 7.99. The van der Waals surface area contributed by atoms with Gasteiger partial charge in [0.05, 0.1) is 27.0 Å². The molecule has 1 amide bonds. The van der Waals surface area contributed by atoms with Crippen molar-refractivity contribution >= 4 is 46.3 Å². The number of rotatable bonds is 6. The Kier molecular flexibility index (Phi) is 6.69. The van der Waals surface area contributed by atoms with Crippen LogP contribution in [0.15, 0.2) is 64.5 Å². The van der Waals surface area contributed by atoms with Crippen LogP contribution in [0.2, 0.25) is 5.02 Å². The number of halogens is 2. The topological polar surface area (TPSA) is 87.7 Å². The van der Waals surface area contributed by atoms with Crippen LogP contribution in [-0.2, 0) is 4.79 Å². The summed E-state index contributed by atoms with van der Waals surface area (Å²) >= 11 is 8.17. The SMILES string of the molecule is Cc1nc(-c2ccccc2)sc1-c1cc(=O)[nH]c(SCC(=O)Nc2ccc(Cl)c(F)c2)n1. The Hall–Kier alpha value is -3.01. The zero-order valence-corrected chi connectivity index (χ0v) is 19.1. The zero-order valence-electron chi connectivity index (χ0n) is 16.7. The van der Waals surface area contributed by atoms with Crippen molar-refractivity contribution in [1.29, 1.82) is 0 Å². The lowest BCUT2D eigenvalue weighted by Crippen LogP contribution is -2.15. The third-order valence-corrected chi connectivity index (χ3v) is 6.72. The van der Waals surface area contributed by atoms with Crippen molar-refractivity contribution in [2.24, 2.45) is 0 Å². The highest BCUT2D eigenvalue weighted by Crippen LogP contribution is 2.34. The summed E-state index contributed by atoms with van der Waals surface area (Å²) < 4.78 is 13.5. The highest BCUT2D eigenvalue weighted by atomic mass is 35.5. The molecule has 0 saturated carbocycles. The first-order valence-electron chi connectivity index (χ1n) is 9.41. The number of carbonyl (C=O) groups excluding carboxylic acids is 1. The molecule has 162 valence electrons. The number of aromatic nitrogens is 3. The minimum atomic E-state index is -0.620. The Labute approximate surface area is 195 Å². The Morgan fingerprint density at radius 2 is 1.97 bits per heavy atom. The smallest absolute Gasteiger partial charge is 0.252 e. The van der Waals surface area contributed by atoms with E-state index in [-0.39, 0.29) is 22.2 Å². The maximum Gasteiger partial charge on any atom is 0.252 e. The first kappa shape index (κ1) is 22.2. The molecule has 10 heteroatoms. The number of anilines is 1. The maximum absolute atomic E-state index is 13.5. The van der Waals surface area contributed by atoms with Crippen LogP contribution in [0.4, 0.5) is 10.1 Å². The molecule has 0 aliphatic rings. The average Bonchev–Trinajstić information content (AvgIpc) is 3.17. The van der Waals surface area contributed by atoms with Crippen LogP contribution in [0.3, 0.4) is 0 Å².